The average molecular weight is 322 g/mol. The summed E-state index contributed by atoms with van der Waals surface area (Å²) in [5, 5.41) is 0. The number of esters is 1. The molecule has 1 heterocycles. The number of ether oxygens (including phenoxy) is 2. The third kappa shape index (κ3) is 2.88. The molecule has 1 aromatic heterocycles. The van der Waals surface area contributed by atoms with Gasteiger partial charge in [0, 0.05) is 17.4 Å². The van der Waals surface area contributed by atoms with Crippen LogP contribution in [0.1, 0.15) is 16.1 Å². The highest BCUT2D eigenvalue weighted by atomic mass is 16.5. The molecule has 0 aliphatic carbocycles. The van der Waals surface area contributed by atoms with Crippen molar-refractivity contribution >= 4 is 5.97 Å². The first-order chi connectivity index (χ1) is 11.6. The van der Waals surface area contributed by atoms with Crippen molar-refractivity contribution in [3.63, 3.8) is 0 Å². The molecule has 0 spiro atoms. The quantitative estimate of drug-likeness (QED) is 0.688. The largest absolute Gasteiger partial charge is 0.496 e. The van der Waals surface area contributed by atoms with Crippen LogP contribution < -0.4 is 4.74 Å². The molecule has 5 heteroatoms. The van der Waals surface area contributed by atoms with Gasteiger partial charge >= 0.3 is 5.97 Å². The van der Waals surface area contributed by atoms with E-state index in [4.69, 9.17) is 9.47 Å². The van der Waals surface area contributed by atoms with E-state index in [1.165, 1.54) is 7.11 Å². The second-order valence-corrected chi connectivity index (χ2v) is 5.34. The van der Waals surface area contributed by atoms with Crippen molar-refractivity contribution in [3.8, 4) is 22.6 Å². The Morgan fingerprint density at radius 2 is 1.83 bits per heavy atom. The fraction of sp³-hybridized carbons (Fsp3) is 0.158. The fourth-order valence-corrected chi connectivity index (χ4v) is 2.64. The molecular formula is C19H18N2O3. The Morgan fingerprint density at radius 3 is 2.42 bits per heavy atom. The maximum atomic E-state index is 12.1. The first kappa shape index (κ1) is 15.8. The zero-order chi connectivity index (χ0) is 17.1. The van der Waals surface area contributed by atoms with Gasteiger partial charge < -0.3 is 14.0 Å². The zero-order valence-corrected chi connectivity index (χ0v) is 13.8. The van der Waals surface area contributed by atoms with Gasteiger partial charge in [-0.25, -0.2) is 9.78 Å². The number of rotatable bonds is 4. The summed E-state index contributed by atoms with van der Waals surface area (Å²) in [6.45, 7) is 1.95. The van der Waals surface area contributed by atoms with Crippen LogP contribution >= 0.6 is 0 Å². The summed E-state index contributed by atoms with van der Waals surface area (Å²) >= 11 is 0. The molecular weight excluding hydrogens is 304 g/mol. The van der Waals surface area contributed by atoms with Crippen LogP contribution in [0, 0.1) is 6.92 Å². The lowest BCUT2D eigenvalue weighted by Gasteiger charge is -2.13. The van der Waals surface area contributed by atoms with Crippen molar-refractivity contribution in [2.75, 3.05) is 14.2 Å². The average Bonchev–Trinajstić information content (AvgIpc) is 3.07. The lowest BCUT2D eigenvalue weighted by molar-refractivity contribution is 0.0601. The Bertz CT molecular complexity index is 867. The summed E-state index contributed by atoms with van der Waals surface area (Å²) in [5.74, 6) is 0.238. The number of hydrogen-bond acceptors (Lipinski definition) is 4. The zero-order valence-electron chi connectivity index (χ0n) is 13.8. The number of benzene rings is 2. The Morgan fingerprint density at radius 1 is 1.08 bits per heavy atom. The molecule has 0 aliphatic rings. The van der Waals surface area contributed by atoms with Crippen LogP contribution in [0.2, 0.25) is 0 Å². The predicted molar refractivity (Wildman–Crippen MR) is 91.6 cm³/mol. The third-order valence-corrected chi connectivity index (χ3v) is 3.82. The van der Waals surface area contributed by atoms with Gasteiger partial charge in [0.05, 0.1) is 31.8 Å². The summed E-state index contributed by atoms with van der Waals surface area (Å²) in [7, 11) is 2.96. The maximum absolute atomic E-state index is 12.1. The van der Waals surface area contributed by atoms with E-state index in [-0.39, 0.29) is 0 Å². The Labute approximate surface area is 140 Å². The smallest absolute Gasteiger partial charge is 0.338 e. The molecule has 0 atom stereocenters. The van der Waals surface area contributed by atoms with Crippen LogP contribution in [0.15, 0.2) is 55.0 Å². The molecule has 0 radical (unpaired) electrons. The number of methoxy groups -OCH3 is 2. The highest BCUT2D eigenvalue weighted by Crippen LogP contribution is 2.34. The molecule has 122 valence electrons. The Balaban J connectivity index is 2.07. The van der Waals surface area contributed by atoms with E-state index >= 15 is 0 Å². The van der Waals surface area contributed by atoms with E-state index < -0.39 is 5.97 Å². The molecule has 0 unspecified atom stereocenters. The lowest BCUT2D eigenvalue weighted by atomic mass is 9.98. The molecule has 0 saturated heterocycles. The maximum Gasteiger partial charge on any atom is 0.338 e. The molecule has 0 fully saturated rings. The number of imidazole rings is 1. The summed E-state index contributed by atoms with van der Waals surface area (Å²) < 4.78 is 12.3. The monoisotopic (exact) mass is 322 g/mol. The topological polar surface area (TPSA) is 53.4 Å². The fourth-order valence-electron chi connectivity index (χ4n) is 2.64. The van der Waals surface area contributed by atoms with Crippen LogP contribution in [0.25, 0.3) is 16.8 Å². The highest BCUT2D eigenvalue weighted by molar-refractivity contribution is 5.99. The summed E-state index contributed by atoms with van der Waals surface area (Å²) in [4.78, 5) is 16.3. The van der Waals surface area contributed by atoms with E-state index in [0.717, 1.165) is 22.5 Å². The van der Waals surface area contributed by atoms with Crippen LogP contribution in [0.4, 0.5) is 0 Å². The van der Waals surface area contributed by atoms with Crippen molar-refractivity contribution in [1.29, 1.82) is 0 Å². The summed E-state index contributed by atoms with van der Waals surface area (Å²) in [5.41, 5.74) is 4.03. The second kappa shape index (κ2) is 6.58. The van der Waals surface area contributed by atoms with Crippen molar-refractivity contribution < 1.29 is 14.3 Å². The molecule has 5 nitrogen and oxygen atoms in total. The van der Waals surface area contributed by atoms with Gasteiger partial charge in [-0.2, -0.15) is 0 Å². The number of hydrogen-bond donors (Lipinski definition) is 0. The van der Waals surface area contributed by atoms with Gasteiger partial charge in [0.25, 0.3) is 0 Å². The minimum Gasteiger partial charge on any atom is -0.496 e. The van der Waals surface area contributed by atoms with Gasteiger partial charge in [-0.15, -0.1) is 0 Å². The summed E-state index contributed by atoms with van der Waals surface area (Å²) in [6.07, 6.45) is 3.73. The summed E-state index contributed by atoms with van der Waals surface area (Å²) in [6, 6.07) is 13.2. The minimum absolute atomic E-state index is 0.391. The van der Waals surface area contributed by atoms with Gasteiger partial charge in [-0.1, -0.05) is 18.2 Å². The predicted octanol–water partition coefficient (Wildman–Crippen LogP) is 3.64. The number of carbonyl (C=O) groups is 1. The van der Waals surface area contributed by atoms with Gasteiger partial charge in [0.15, 0.2) is 0 Å². The lowest BCUT2D eigenvalue weighted by Crippen LogP contribution is -2.05. The molecule has 2 aromatic carbocycles. The Kier molecular flexibility index (Phi) is 4.33. The van der Waals surface area contributed by atoms with Crippen LogP contribution in [-0.4, -0.2) is 29.7 Å². The number of nitrogens with zero attached hydrogens (tertiary/aromatic N) is 2. The molecule has 0 bridgehead atoms. The number of carbonyl (C=O) groups excluding carboxylic acids is 1. The molecule has 24 heavy (non-hydrogen) atoms. The van der Waals surface area contributed by atoms with E-state index in [1.807, 2.05) is 48.0 Å². The van der Waals surface area contributed by atoms with Crippen molar-refractivity contribution in [2.45, 2.75) is 6.92 Å². The van der Waals surface area contributed by atoms with Crippen LogP contribution in [0.5, 0.6) is 5.75 Å². The molecule has 0 amide bonds. The van der Waals surface area contributed by atoms with Gasteiger partial charge in [-0.3, -0.25) is 0 Å². The van der Waals surface area contributed by atoms with Crippen LogP contribution in [-0.2, 0) is 4.74 Å². The van der Waals surface area contributed by atoms with E-state index in [2.05, 4.69) is 4.98 Å². The Hall–Kier alpha value is -3.08. The molecule has 3 aromatic rings. The van der Waals surface area contributed by atoms with Crippen LogP contribution in [0.3, 0.4) is 0 Å². The van der Waals surface area contributed by atoms with E-state index in [1.54, 1.807) is 25.6 Å². The van der Waals surface area contributed by atoms with Gasteiger partial charge in [0.1, 0.15) is 5.75 Å². The normalized spacial score (nSPS) is 10.5. The molecule has 3 rings (SSSR count). The SMILES string of the molecule is COC(=O)c1cccc(OC)c1-c1ccc(-n2cnc(C)c2)cc1. The number of aromatic nitrogens is 2. The molecule has 0 aliphatic heterocycles. The van der Waals surface area contributed by atoms with E-state index in [0.29, 0.717) is 11.3 Å². The first-order valence-electron chi connectivity index (χ1n) is 7.50. The third-order valence-electron chi connectivity index (χ3n) is 3.82. The van der Waals surface area contributed by atoms with Crippen molar-refractivity contribution in [2.24, 2.45) is 0 Å². The number of aryl methyl sites for hydroxylation is 1. The standard InChI is InChI=1S/C19H18N2O3/c1-13-11-21(12-20-13)15-9-7-14(8-10-15)18-16(19(22)24-3)5-4-6-17(18)23-2/h4-12H,1-3H3. The minimum atomic E-state index is -0.391. The molecule has 0 saturated carbocycles. The molecule has 0 N–H and O–H groups in total. The second-order valence-electron chi connectivity index (χ2n) is 5.34. The van der Waals surface area contributed by atoms with E-state index in [9.17, 15) is 4.79 Å². The van der Waals surface area contributed by atoms with Crippen molar-refractivity contribution in [1.82, 2.24) is 9.55 Å². The first-order valence-corrected chi connectivity index (χ1v) is 7.50. The van der Waals surface area contributed by atoms with Gasteiger partial charge in [0.2, 0.25) is 0 Å². The highest BCUT2D eigenvalue weighted by Gasteiger charge is 2.17. The van der Waals surface area contributed by atoms with Crippen molar-refractivity contribution in [3.05, 3.63) is 66.2 Å². The van der Waals surface area contributed by atoms with Gasteiger partial charge in [-0.05, 0) is 36.8 Å².